The Morgan fingerprint density at radius 2 is 0.918 bits per heavy atom. The molecule has 2 aliphatic carbocycles. The number of para-hydroxylation sites is 1. The van der Waals surface area contributed by atoms with E-state index in [4.69, 9.17) is 4.42 Å². The van der Waals surface area contributed by atoms with E-state index in [1.165, 1.54) is 55.3 Å². The van der Waals surface area contributed by atoms with Crippen LogP contribution >= 0.6 is 0 Å². The smallest absolute Gasteiger partial charge is 0.136 e. The molecule has 0 saturated carbocycles. The minimum Gasteiger partial charge on any atom is -0.456 e. The van der Waals surface area contributed by atoms with Crippen molar-refractivity contribution < 1.29 is 4.42 Å². The molecule has 49 heavy (non-hydrogen) atoms. The van der Waals surface area contributed by atoms with Gasteiger partial charge in [-0.05, 0) is 104 Å². The van der Waals surface area contributed by atoms with Crippen LogP contribution in [-0.2, 0) is 5.41 Å². The summed E-state index contributed by atoms with van der Waals surface area (Å²) in [6.07, 6.45) is 0. The molecule has 2 heteroatoms. The van der Waals surface area contributed by atoms with Gasteiger partial charge in [0.25, 0.3) is 0 Å². The molecule has 0 saturated heterocycles. The molecular weight excluding hydrogens is 595 g/mol. The molecule has 0 atom stereocenters. The van der Waals surface area contributed by atoms with Gasteiger partial charge in [0.1, 0.15) is 11.2 Å². The molecule has 9 aromatic rings. The topological polar surface area (TPSA) is 16.4 Å². The lowest BCUT2D eigenvalue weighted by atomic mass is 9.70. The summed E-state index contributed by atoms with van der Waals surface area (Å²) in [5.74, 6) is 0. The molecule has 0 aliphatic heterocycles. The molecule has 0 amide bonds. The van der Waals surface area contributed by atoms with E-state index in [-0.39, 0.29) is 0 Å². The maximum absolute atomic E-state index is 6.41. The van der Waals surface area contributed by atoms with Crippen molar-refractivity contribution in [1.29, 1.82) is 0 Å². The van der Waals surface area contributed by atoms with Crippen LogP contribution in [0.3, 0.4) is 0 Å². The van der Waals surface area contributed by atoms with Crippen LogP contribution < -0.4 is 4.90 Å². The van der Waals surface area contributed by atoms with Gasteiger partial charge in [-0.15, -0.1) is 0 Å². The van der Waals surface area contributed by atoms with E-state index < -0.39 is 5.41 Å². The third-order valence-electron chi connectivity index (χ3n) is 10.9. The largest absolute Gasteiger partial charge is 0.456 e. The Balaban J connectivity index is 1.19. The number of hydrogen-bond donors (Lipinski definition) is 0. The third-order valence-corrected chi connectivity index (χ3v) is 10.9. The summed E-state index contributed by atoms with van der Waals surface area (Å²) in [6, 6.07) is 64.3. The maximum atomic E-state index is 6.41. The van der Waals surface area contributed by atoms with Crippen LogP contribution in [0.1, 0.15) is 22.3 Å². The van der Waals surface area contributed by atoms with Gasteiger partial charge < -0.3 is 9.32 Å². The molecule has 2 aliphatic rings. The number of nitrogens with zero attached hydrogens (tertiary/aromatic N) is 1. The Morgan fingerprint density at radius 1 is 0.367 bits per heavy atom. The summed E-state index contributed by atoms with van der Waals surface area (Å²) in [6.45, 7) is 0. The first-order valence-electron chi connectivity index (χ1n) is 16.9. The lowest BCUT2D eigenvalue weighted by Crippen LogP contribution is -2.26. The van der Waals surface area contributed by atoms with Crippen LogP contribution in [0, 0.1) is 0 Å². The second-order valence-electron chi connectivity index (χ2n) is 13.2. The van der Waals surface area contributed by atoms with Gasteiger partial charge in [0.2, 0.25) is 0 Å². The molecule has 0 radical (unpaired) electrons. The fourth-order valence-corrected chi connectivity index (χ4v) is 8.92. The highest BCUT2D eigenvalue weighted by Crippen LogP contribution is 2.63. The summed E-state index contributed by atoms with van der Waals surface area (Å²) in [4.78, 5) is 2.40. The summed E-state index contributed by atoms with van der Waals surface area (Å²) in [5.41, 5.74) is 15.3. The van der Waals surface area contributed by atoms with Crippen molar-refractivity contribution in [2.24, 2.45) is 0 Å². The molecule has 2 nitrogen and oxygen atoms in total. The quantitative estimate of drug-likeness (QED) is 0.195. The van der Waals surface area contributed by atoms with Crippen molar-refractivity contribution in [3.63, 3.8) is 0 Å². The minimum atomic E-state index is -0.402. The van der Waals surface area contributed by atoms with E-state index in [1.54, 1.807) is 0 Å². The highest BCUT2D eigenvalue weighted by Gasteiger charge is 2.51. The number of fused-ring (bicyclic) bond motifs is 15. The molecule has 11 rings (SSSR count). The SMILES string of the molecule is c1ccc(N(c2ccc3c(c2)C2(c4ccccc4-c4ccccc42)c2ccccc2-3)c2ccc3oc4ccc5ccccc5c4c3c2)cc1. The van der Waals surface area contributed by atoms with Crippen LogP contribution in [0.15, 0.2) is 180 Å². The van der Waals surface area contributed by atoms with Crippen LogP contribution in [0.5, 0.6) is 0 Å². The van der Waals surface area contributed by atoms with E-state index >= 15 is 0 Å². The molecule has 0 bridgehead atoms. The minimum absolute atomic E-state index is 0.402. The zero-order valence-electron chi connectivity index (χ0n) is 26.6. The van der Waals surface area contributed by atoms with E-state index in [0.29, 0.717) is 0 Å². The fourth-order valence-electron chi connectivity index (χ4n) is 8.92. The highest BCUT2D eigenvalue weighted by atomic mass is 16.3. The van der Waals surface area contributed by atoms with Crippen LogP contribution in [-0.4, -0.2) is 0 Å². The molecule has 228 valence electrons. The van der Waals surface area contributed by atoms with Gasteiger partial charge >= 0.3 is 0 Å². The Bertz CT molecular complexity index is 2730. The standard InChI is InChI=1S/C47H29NO/c1-2-13-31(14-3-1)48(32-24-27-44-39(28-32)46-34-15-5-4-12-30(34)22-26-45(46)49-44)33-23-25-38-37-18-8-11-21-42(37)47(43(38)29-33)40-19-9-6-16-35(40)36-17-7-10-20-41(36)47/h1-29H. The van der Waals surface area contributed by atoms with Gasteiger partial charge in [-0.3, -0.25) is 0 Å². The second kappa shape index (κ2) is 9.82. The summed E-state index contributed by atoms with van der Waals surface area (Å²) in [5, 5.41) is 4.70. The van der Waals surface area contributed by atoms with Gasteiger partial charge in [-0.25, -0.2) is 0 Å². The monoisotopic (exact) mass is 623 g/mol. The van der Waals surface area contributed by atoms with Crippen LogP contribution in [0.2, 0.25) is 0 Å². The average Bonchev–Trinajstić information content (AvgIpc) is 3.79. The first-order chi connectivity index (χ1) is 24.3. The normalized spacial score (nSPS) is 13.5. The number of benzene rings is 8. The molecule has 1 heterocycles. The predicted molar refractivity (Wildman–Crippen MR) is 202 cm³/mol. The number of anilines is 3. The van der Waals surface area contributed by atoms with Crippen LogP contribution in [0.4, 0.5) is 17.1 Å². The molecule has 1 aromatic heterocycles. The average molecular weight is 624 g/mol. The first kappa shape index (κ1) is 26.7. The zero-order valence-corrected chi connectivity index (χ0v) is 26.6. The lowest BCUT2D eigenvalue weighted by molar-refractivity contribution is 0.669. The highest BCUT2D eigenvalue weighted by molar-refractivity contribution is 6.19. The maximum Gasteiger partial charge on any atom is 0.136 e. The molecule has 1 spiro atoms. The van der Waals surface area contributed by atoms with Gasteiger partial charge in [-0.1, -0.05) is 127 Å². The Hall–Kier alpha value is -6.38. The predicted octanol–water partition coefficient (Wildman–Crippen LogP) is 12.6. The molecular formula is C47H29NO. The molecule has 0 N–H and O–H groups in total. The Kier molecular flexibility index (Phi) is 5.34. The van der Waals surface area contributed by atoms with Crippen molar-refractivity contribution in [1.82, 2.24) is 0 Å². The van der Waals surface area contributed by atoms with Crippen molar-refractivity contribution in [3.8, 4) is 22.3 Å². The summed E-state index contributed by atoms with van der Waals surface area (Å²) < 4.78 is 6.41. The Morgan fingerprint density at radius 3 is 1.63 bits per heavy atom. The van der Waals surface area contributed by atoms with Gasteiger partial charge in [0.15, 0.2) is 0 Å². The first-order valence-corrected chi connectivity index (χ1v) is 16.9. The van der Waals surface area contributed by atoms with E-state index in [1.807, 2.05) is 0 Å². The van der Waals surface area contributed by atoms with Crippen molar-refractivity contribution in [2.75, 3.05) is 4.90 Å². The molecule has 8 aromatic carbocycles. The van der Waals surface area contributed by atoms with Crippen LogP contribution in [0.25, 0.3) is 55.0 Å². The Labute approximate surface area is 284 Å². The van der Waals surface area contributed by atoms with E-state index in [0.717, 1.165) is 39.0 Å². The number of rotatable bonds is 3. The van der Waals surface area contributed by atoms with Crippen molar-refractivity contribution >= 4 is 49.8 Å². The fraction of sp³-hybridized carbons (Fsp3) is 0.0213. The van der Waals surface area contributed by atoms with E-state index in [2.05, 4.69) is 181 Å². The summed E-state index contributed by atoms with van der Waals surface area (Å²) >= 11 is 0. The lowest BCUT2D eigenvalue weighted by Gasteiger charge is -2.32. The zero-order chi connectivity index (χ0) is 32.1. The van der Waals surface area contributed by atoms with Gasteiger partial charge in [0, 0.05) is 27.8 Å². The number of furan rings is 1. The second-order valence-corrected chi connectivity index (χ2v) is 13.2. The van der Waals surface area contributed by atoms with Gasteiger partial charge in [0.05, 0.1) is 5.41 Å². The molecule has 0 fully saturated rings. The third kappa shape index (κ3) is 3.50. The van der Waals surface area contributed by atoms with E-state index in [9.17, 15) is 0 Å². The van der Waals surface area contributed by atoms with Gasteiger partial charge in [-0.2, -0.15) is 0 Å². The van der Waals surface area contributed by atoms with Crippen molar-refractivity contribution in [2.45, 2.75) is 5.41 Å². The van der Waals surface area contributed by atoms with Crippen molar-refractivity contribution in [3.05, 3.63) is 198 Å². The summed E-state index contributed by atoms with van der Waals surface area (Å²) in [7, 11) is 0. The number of hydrogen-bond acceptors (Lipinski definition) is 2. The molecule has 0 unspecified atom stereocenters.